The quantitative estimate of drug-likeness (QED) is 0.506. The lowest BCUT2D eigenvalue weighted by molar-refractivity contribution is -0.121. The van der Waals surface area contributed by atoms with Crippen LogP contribution in [0.2, 0.25) is 0 Å². The number of amidine groups is 1. The minimum absolute atomic E-state index is 0.00120. The van der Waals surface area contributed by atoms with Crippen molar-refractivity contribution in [1.82, 2.24) is 5.32 Å². The lowest BCUT2D eigenvalue weighted by Gasteiger charge is -2.24. The summed E-state index contributed by atoms with van der Waals surface area (Å²) in [5, 5.41) is 9.85. The van der Waals surface area contributed by atoms with E-state index in [9.17, 15) is 4.79 Å². The summed E-state index contributed by atoms with van der Waals surface area (Å²) in [6.45, 7) is 1.78. The topological polar surface area (TPSA) is 79.0 Å². The van der Waals surface area contributed by atoms with Crippen molar-refractivity contribution in [2.24, 2.45) is 5.73 Å². The van der Waals surface area contributed by atoms with Gasteiger partial charge >= 0.3 is 0 Å². The maximum absolute atomic E-state index is 11.7. The average Bonchev–Trinajstić information content (AvgIpc) is 2.18. The molecule has 4 nitrogen and oxygen atoms in total. The zero-order valence-corrected chi connectivity index (χ0v) is 9.90. The summed E-state index contributed by atoms with van der Waals surface area (Å²) in [6, 6.07) is 0.334. The van der Waals surface area contributed by atoms with Gasteiger partial charge in [0.1, 0.15) is 0 Å². The van der Waals surface area contributed by atoms with E-state index in [4.69, 9.17) is 11.1 Å². The number of amides is 1. The Hall–Kier alpha value is -0.710. The van der Waals surface area contributed by atoms with E-state index in [1.165, 1.54) is 19.3 Å². The molecule has 1 aliphatic carbocycles. The van der Waals surface area contributed by atoms with Gasteiger partial charge in [0.25, 0.3) is 0 Å². The number of nitrogens with one attached hydrogen (secondary N) is 2. The largest absolute Gasteiger partial charge is 0.379 e. The second kappa shape index (κ2) is 6.00. The second-order valence-corrected chi connectivity index (χ2v) is 5.35. The number of hydrogen-bond acceptors (Lipinski definition) is 3. The Bertz CT molecular complexity index is 239. The van der Waals surface area contributed by atoms with Crippen molar-refractivity contribution in [2.45, 2.75) is 50.3 Å². The molecule has 0 aromatic heterocycles. The highest BCUT2D eigenvalue weighted by molar-refractivity contribution is 8.14. The third-order valence-electron chi connectivity index (χ3n) is 2.62. The molecule has 0 radical (unpaired) electrons. The molecular formula is C10H19N3OS. The number of hydrogen-bond donors (Lipinski definition) is 3. The van der Waals surface area contributed by atoms with Gasteiger partial charge in [-0.25, -0.2) is 0 Å². The predicted octanol–water partition coefficient (Wildman–Crippen LogP) is 1.45. The maximum atomic E-state index is 11.7. The number of thioether (sulfide) groups is 1. The van der Waals surface area contributed by atoms with E-state index in [2.05, 4.69) is 5.32 Å². The molecule has 0 aromatic carbocycles. The van der Waals surface area contributed by atoms with Gasteiger partial charge in [0.05, 0.1) is 5.25 Å². The van der Waals surface area contributed by atoms with Crippen LogP contribution < -0.4 is 11.1 Å². The monoisotopic (exact) mass is 229 g/mol. The fourth-order valence-electron chi connectivity index (χ4n) is 1.81. The van der Waals surface area contributed by atoms with E-state index in [0.29, 0.717) is 6.04 Å². The van der Waals surface area contributed by atoms with Gasteiger partial charge < -0.3 is 11.1 Å². The van der Waals surface area contributed by atoms with E-state index in [1.807, 2.05) is 0 Å². The third kappa shape index (κ3) is 4.55. The lowest BCUT2D eigenvalue weighted by atomic mass is 9.95. The molecule has 1 unspecified atom stereocenters. The summed E-state index contributed by atoms with van der Waals surface area (Å²) < 4.78 is 0. The molecule has 1 saturated carbocycles. The molecule has 5 heteroatoms. The van der Waals surface area contributed by atoms with Crippen molar-refractivity contribution >= 4 is 22.8 Å². The molecular weight excluding hydrogens is 210 g/mol. The number of carbonyl (C=O) groups is 1. The molecule has 1 amide bonds. The fourth-order valence-corrected chi connectivity index (χ4v) is 2.37. The normalized spacial score (nSPS) is 19.5. The summed E-state index contributed by atoms with van der Waals surface area (Å²) in [4.78, 5) is 11.7. The van der Waals surface area contributed by atoms with E-state index in [1.54, 1.807) is 6.92 Å². The standard InChI is InChI=1S/C10H19N3OS/c1-7(15-10(11)12)9(14)13-8-5-3-2-4-6-8/h7-8H,2-6H2,1H3,(H3,11,12)(H,13,14). The molecule has 86 valence electrons. The molecule has 0 bridgehead atoms. The smallest absolute Gasteiger partial charge is 0.233 e. The molecule has 1 fully saturated rings. The van der Waals surface area contributed by atoms with Crippen molar-refractivity contribution in [3.05, 3.63) is 0 Å². The Morgan fingerprint density at radius 1 is 1.47 bits per heavy atom. The third-order valence-corrected chi connectivity index (χ3v) is 3.45. The van der Waals surface area contributed by atoms with Crippen LogP contribution in [0.3, 0.4) is 0 Å². The molecule has 1 aliphatic rings. The summed E-state index contributed by atoms with van der Waals surface area (Å²) in [6.07, 6.45) is 5.87. The summed E-state index contributed by atoms with van der Waals surface area (Å²) in [5.41, 5.74) is 5.23. The number of nitrogens with two attached hydrogens (primary N) is 1. The first kappa shape index (κ1) is 12.4. The SMILES string of the molecule is CC(SC(=N)N)C(=O)NC1CCCCC1. The molecule has 0 saturated heterocycles. The molecule has 4 N–H and O–H groups in total. The van der Waals surface area contributed by atoms with Crippen molar-refractivity contribution in [1.29, 1.82) is 5.41 Å². The van der Waals surface area contributed by atoms with Gasteiger partial charge in [-0.05, 0) is 19.8 Å². The van der Waals surface area contributed by atoms with Gasteiger partial charge in [0.15, 0.2) is 5.17 Å². The Kier molecular flexibility index (Phi) is 4.94. The summed E-state index contributed by atoms with van der Waals surface area (Å²) >= 11 is 1.10. The van der Waals surface area contributed by atoms with Crippen LogP contribution in [-0.4, -0.2) is 22.4 Å². The van der Waals surface area contributed by atoms with Crippen LogP contribution in [0, 0.1) is 5.41 Å². The fraction of sp³-hybridized carbons (Fsp3) is 0.800. The molecule has 0 heterocycles. The van der Waals surface area contributed by atoms with Crippen LogP contribution in [0.15, 0.2) is 0 Å². The van der Waals surface area contributed by atoms with E-state index >= 15 is 0 Å². The first-order valence-electron chi connectivity index (χ1n) is 5.40. The van der Waals surface area contributed by atoms with Crippen LogP contribution in [-0.2, 0) is 4.79 Å². The summed E-state index contributed by atoms with van der Waals surface area (Å²) in [5.74, 6) is 0.00194. The van der Waals surface area contributed by atoms with Crippen molar-refractivity contribution < 1.29 is 4.79 Å². The van der Waals surface area contributed by atoms with E-state index in [0.717, 1.165) is 24.6 Å². The maximum Gasteiger partial charge on any atom is 0.233 e. The lowest BCUT2D eigenvalue weighted by Crippen LogP contribution is -2.40. The molecule has 0 spiro atoms. The zero-order valence-electron chi connectivity index (χ0n) is 9.08. The predicted molar refractivity (Wildman–Crippen MR) is 64.0 cm³/mol. The van der Waals surface area contributed by atoms with Crippen LogP contribution >= 0.6 is 11.8 Å². The second-order valence-electron chi connectivity index (χ2n) is 3.97. The first-order chi connectivity index (χ1) is 7.09. The molecule has 1 rings (SSSR count). The highest BCUT2D eigenvalue weighted by Gasteiger charge is 2.20. The van der Waals surface area contributed by atoms with Gasteiger partial charge in [0, 0.05) is 6.04 Å². The van der Waals surface area contributed by atoms with Crippen LogP contribution in [0.1, 0.15) is 39.0 Å². The highest BCUT2D eigenvalue weighted by atomic mass is 32.2. The average molecular weight is 229 g/mol. The minimum atomic E-state index is -0.260. The van der Waals surface area contributed by atoms with Crippen molar-refractivity contribution in [2.75, 3.05) is 0 Å². The Balaban J connectivity index is 2.30. The van der Waals surface area contributed by atoms with Gasteiger partial charge in [-0.2, -0.15) is 0 Å². The Labute approximate surface area is 94.9 Å². The van der Waals surface area contributed by atoms with Crippen molar-refractivity contribution in [3.63, 3.8) is 0 Å². The number of carbonyl (C=O) groups excluding carboxylic acids is 1. The van der Waals surface area contributed by atoms with E-state index < -0.39 is 0 Å². The van der Waals surface area contributed by atoms with Crippen LogP contribution in [0.4, 0.5) is 0 Å². The molecule has 15 heavy (non-hydrogen) atoms. The molecule has 0 aliphatic heterocycles. The zero-order chi connectivity index (χ0) is 11.3. The highest BCUT2D eigenvalue weighted by Crippen LogP contribution is 2.18. The molecule has 0 aromatic rings. The Morgan fingerprint density at radius 2 is 2.07 bits per heavy atom. The Morgan fingerprint density at radius 3 is 2.60 bits per heavy atom. The van der Waals surface area contributed by atoms with Crippen molar-refractivity contribution in [3.8, 4) is 0 Å². The molecule has 1 atom stereocenters. The first-order valence-corrected chi connectivity index (χ1v) is 6.28. The van der Waals surface area contributed by atoms with E-state index in [-0.39, 0.29) is 16.3 Å². The summed E-state index contributed by atoms with van der Waals surface area (Å²) in [7, 11) is 0. The van der Waals surface area contributed by atoms with Gasteiger partial charge in [-0.15, -0.1) is 0 Å². The van der Waals surface area contributed by atoms with Crippen LogP contribution in [0.5, 0.6) is 0 Å². The van der Waals surface area contributed by atoms with Crippen LogP contribution in [0.25, 0.3) is 0 Å². The minimum Gasteiger partial charge on any atom is -0.379 e. The van der Waals surface area contributed by atoms with Gasteiger partial charge in [-0.3, -0.25) is 10.2 Å². The number of rotatable bonds is 3. The van der Waals surface area contributed by atoms with Gasteiger partial charge in [-0.1, -0.05) is 31.0 Å². The van der Waals surface area contributed by atoms with Gasteiger partial charge in [0.2, 0.25) is 5.91 Å².